The van der Waals surface area contributed by atoms with Crippen molar-refractivity contribution < 1.29 is 14.2 Å². The Bertz CT molecular complexity index is 487. The summed E-state index contributed by atoms with van der Waals surface area (Å²) in [6.45, 7) is 0. The van der Waals surface area contributed by atoms with Crippen molar-refractivity contribution in [2.45, 2.75) is 12.5 Å². The van der Waals surface area contributed by atoms with Gasteiger partial charge in [0.1, 0.15) is 6.10 Å². The highest BCUT2D eigenvalue weighted by atomic mass is 32.1. The summed E-state index contributed by atoms with van der Waals surface area (Å²) < 4.78 is 18.3. The quantitative estimate of drug-likeness (QED) is 0.910. The number of methoxy groups -OCH3 is 1. The molecule has 1 aromatic carbocycles. The minimum atomic E-state index is -0.700. The molecule has 1 heterocycles. The fourth-order valence-corrected chi connectivity index (χ4v) is 2.15. The average molecular weight is 253 g/mol. The minimum absolute atomic E-state index is 0.205. The van der Waals surface area contributed by atoms with Gasteiger partial charge in [-0.05, 0) is 17.7 Å². The monoisotopic (exact) mass is 253 g/mol. The van der Waals surface area contributed by atoms with Gasteiger partial charge in [0.05, 0.1) is 18.3 Å². The van der Waals surface area contributed by atoms with Crippen molar-refractivity contribution in [3.63, 3.8) is 0 Å². The highest BCUT2D eigenvalue weighted by molar-refractivity contribution is 7.07. The van der Waals surface area contributed by atoms with Crippen LogP contribution in [0.4, 0.5) is 4.39 Å². The van der Waals surface area contributed by atoms with E-state index in [0.29, 0.717) is 17.7 Å². The lowest BCUT2D eigenvalue weighted by Gasteiger charge is -2.09. The standard InChI is InChI=1S/C12H12FNO2S/c1-16-12-3-2-8(4-9(12)13)5-11(15)10-6-17-7-14-10/h2-4,6-7,11,15H,5H2,1H3. The minimum Gasteiger partial charge on any atom is -0.494 e. The molecule has 0 amide bonds. The summed E-state index contributed by atoms with van der Waals surface area (Å²) in [6.07, 6.45) is -0.362. The normalized spacial score (nSPS) is 12.4. The van der Waals surface area contributed by atoms with Crippen molar-refractivity contribution in [2.24, 2.45) is 0 Å². The number of nitrogens with zero attached hydrogens (tertiary/aromatic N) is 1. The van der Waals surface area contributed by atoms with Gasteiger partial charge in [-0.25, -0.2) is 9.37 Å². The SMILES string of the molecule is COc1ccc(CC(O)c2cscn2)cc1F. The maximum absolute atomic E-state index is 13.4. The summed E-state index contributed by atoms with van der Waals surface area (Å²) in [4.78, 5) is 4.02. The molecule has 1 atom stereocenters. The van der Waals surface area contributed by atoms with Crippen molar-refractivity contribution in [2.75, 3.05) is 7.11 Å². The zero-order valence-electron chi connectivity index (χ0n) is 9.26. The van der Waals surface area contributed by atoms with E-state index < -0.39 is 11.9 Å². The van der Waals surface area contributed by atoms with Crippen molar-refractivity contribution in [3.8, 4) is 5.75 Å². The molecule has 0 bridgehead atoms. The lowest BCUT2D eigenvalue weighted by molar-refractivity contribution is 0.174. The fraction of sp³-hybridized carbons (Fsp3) is 0.250. The summed E-state index contributed by atoms with van der Waals surface area (Å²) >= 11 is 1.42. The lowest BCUT2D eigenvalue weighted by Crippen LogP contribution is -2.02. The highest BCUT2D eigenvalue weighted by Gasteiger charge is 2.12. The van der Waals surface area contributed by atoms with Crippen molar-refractivity contribution in [3.05, 3.63) is 46.2 Å². The van der Waals surface area contributed by atoms with E-state index in [1.165, 1.54) is 24.5 Å². The molecule has 0 aliphatic rings. The Morgan fingerprint density at radius 2 is 2.35 bits per heavy atom. The lowest BCUT2D eigenvalue weighted by atomic mass is 10.1. The Hall–Kier alpha value is -1.46. The molecule has 0 fully saturated rings. The Kier molecular flexibility index (Phi) is 3.71. The number of aliphatic hydroxyl groups excluding tert-OH is 1. The molecule has 0 saturated heterocycles. The molecule has 0 radical (unpaired) electrons. The third-order valence-corrected chi connectivity index (χ3v) is 3.04. The van der Waals surface area contributed by atoms with Gasteiger partial charge in [0, 0.05) is 11.8 Å². The van der Waals surface area contributed by atoms with E-state index in [1.807, 2.05) is 0 Å². The molecule has 1 aromatic heterocycles. The van der Waals surface area contributed by atoms with Crippen LogP contribution < -0.4 is 4.74 Å². The first-order valence-electron chi connectivity index (χ1n) is 5.09. The van der Waals surface area contributed by atoms with Gasteiger partial charge in [0.15, 0.2) is 11.6 Å². The molecule has 2 aromatic rings. The number of halogens is 1. The molecular formula is C12H12FNO2S. The number of aliphatic hydroxyl groups is 1. The Balaban J connectivity index is 2.11. The van der Waals surface area contributed by atoms with Gasteiger partial charge in [-0.2, -0.15) is 0 Å². The van der Waals surface area contributed by atoms with Crippen LogP contribution in [-0.4, -0.2) is 17.2 Å². The van der Waals surface area contributed by atoms with E-state index in [0.717, 1.165) is 0 Å². The molecule has 90 valence electrons. The molecule has 0 spiro atoms. The smallest absolute Gasteiger partial charge is 0.165 e. The van der Waals surface area contributed by atoms with Gasteiger partial charge in [0.2, 0.25) is 0 Å². The van der Waals surface area contributed by atoms with E-state index >= 15 is 0 Å². The third kappa shape index (κ3) is 2.81. The first-order chi connectivity index (χ1) is 8.20. The first kappa shape index (κ1) is 12.0. The topological polar surface area (TPSA) is 42.4 Å². The van der Waals surface area contributed by atoms with Crippen LogP contribution >= 0.6 is 11.3 Å². The summed E-state index contributed by atoms with van der Waals surface area (Å²) in [5, 5.41) is 11.7. The molecule has 17 heavy (non-hydrogen) atoms. The molecule has 0 aliphatic carbocycles. The summed E-state index contributed by atoms with van der Waals surface area (Å²) in [5.41, 5.74) is 2.99. The maximum atomic E-state index is 13.4. The van der Waals surface area contributed by atoms with Crippen LogP contribution in [0, 0.1) is 5.82 Å². The summed E-state index contributed by atoms with van der Waals surface area (Å²) in [6, 6.07) is 4.66. The van der Waals surface area contributed by atoms with E-state index in [-0.39, 0.29) is 5.75 Å². The second-order valence-electron chi connectivity index (χ2n) is 3.60. The summed E-state index contributed by atoms with van der Waals surface area (Å²) in [5.74, 6) is -0.215. The van der Waals surface area contributed by atoms with Crippen LogP contribution in [0.1, 0.15) is 17.4 Å². The number of thiazole rings is 1. The number of aromatic nitrogens is 1. The Morgan fingerprint density at radius 3 is 2.94 bits per heavy atom. The van der Waals surface area contributed by atoms with Crippen LogP contribution in [0.25, 0.3) is 0 Å². The van der Waals surface area contributed by atoms with Crippen LogP contribution in [0.2, 0.25) is 0 Å². The second-order valence-corrected chi connectivity index (χ2v) is 4.32. The highest BCUT2D eigenvalue weighted by Crippen LogP contribution is 2.22. The van der Waals surface area contributed by atoms with Crippen molar-refractivity contribution >= 4 is 11.3 Å². The molecule has 3 nitrogen and oxygen atoms in total. The molecule has 0 aliphatic heterocycles. The first-order valence-corrected chi connectivity index (χ1v) is 6.03. The fourth-order valence-electron chi connectivity index (χ4n) is 1.55. The predicted octanol–water partition coefficient (Wildman–Crippen LogP) is 2.57. The van der Waals surface area contributed by atoms with Gasteiger partial charge < -0.3 is 9.84 Å². The molecule has 5 heteroatoms. The molecule has 1 unspecified atom stereocenters. The number of ether oxygens (including phenoxy) is 1. The van der Waals surface area contributed by atoms with Gasteiger partial charge in [-0.3, -0.25) is 0 Å². The number of rotatable bonds is 4. The van der Waals surface area contributed by atoms with Crippen LogP contribution in [-0.2, 0) is 6.42 Å². The van der Waals surface area contributed by atoms with Crippen molar-refractivity contribution in [1.29, 1.82) is 0 Å². The number of hydrogen-bond acceptors (Lipinski definition) is 4. The predicted molar refractivity (Wildman–Crippen MR) is 63.7 cm³/mol. The van der Waals surface area contributed by atoms with Crippen LogP contribution in [0.15, 0.2) is 29.1 Å². The van der Waals surface area contributed by atoms with Crippen molar-refractivity contribution in [1.82, 2.24) is 4.98 Å². The van der Waals surface area contributed by atoms with Gasteiger partial charge in [0.25, 0.3) is 0 Å². The third-order valence-electron chi connectivity index (χ3n) is 2.44. The molecular weight excluding hydrogens is 241 g/mol. The molecule has 1 N–H and O–H groups in total. The van der Waals surface area contributed by atoms with E-state index in [1.54, 1.807) is 23.0 Å². The number of benzene rings is 1. The van der Waals surface area contributed by atoms with Crippen LogP contribution in [0.3, 0.4) is 0 Å². The van der Waals surface area contributed by atoms with Gasteiger partial charge in [-0.15, -0.1) is 11.3 Å². The molecule has 0 saturated carbocycles. The largest absolute Gasteiger partial charge is 0.494 e. The second kappa shape index (κ2) is 5.25. The van der Waals surface area contributed by atoms with E-state index in [2.05, 4.69) is 4.98 Å². The Labute approximate surface area is 103 Å². The Morgan fingerprint density at radius 1 is 1.53 bits per heavy atom. The van der Waals surface area contributed by atoms with Gasteiger partial charge in [-0.1, -0.05) is 6.07 Å². The van der Waals surface area contributed by atoms with E-state index in [4.69, 9.17) is 4.74 Å². The number of hydrogen-bond donors (Lipinski definition) is 1. The van der Waals surface area contributed by atoms with Crippen LogP contribution in [0.5, 0.6) is 5.75 Å². The average Bonchev–Trinajstić information content (AvgIpc) is 2.82. The zero-order chi connectivity index (χ0) is 12.3. The maximum Gasteiger partial charge on any atom is 0.165 e. The van der Waals surface area contributed by atoms with E-state index in [9.17, 15) is 9.50 Å². The zero-order valence-corrected chi connectivity index (χ0v) is 10.1. The van der Waals surface area contributed by atoms with Gasteiger partial charge >= 0.3 is 0 Å². The summed E-state index contributed by atoms with van der Waals surface area (Å²) in [7, 11) is 1.42. The molecule has 2 rings (SSSR count).